The van der Waals surface area contributed by atoms with E-state index in [-0.39, 0.29) is 0 Å². The number of allylic oxidation sites excluding steroid dienone is 12. The van der Waals surface area contributed by atoms with Crippen LogP contribution in [0.5, 0.6) is 0 Å². The SMILES string of the molecule is C1=CC2=Cc3ccc4cc5cccc6c5c5c4c3C3=C4C(=CC(=C1)C23)C=CC(=C6)C45. The lowest BCUT2D eigenvalue weighted by Crippen LogP contribution is -2.28. The maximum atomic E-state index is 2.45. The fourth-order valence-corrected chi connectivity index (χ4v) is 6.99. The van der Waals surface area contributed by atoms with Crippen molar-refractivity contribution < 1.29 is 0 Å². The molecular weight excluding hydrogens is 360 g/mol. The second-order valence-corrected chi connectivity index (χ2v) is 9.30. The van der Waals surface area contributed by atoms with E-state index in [1.54, 1.807) is 16.7 Å². The zero-order valence-electron chi connectivity index (χ0n) is 16.2. The van der Waals surface area contributed by atoms with Crippen LogP contribution in [-0.2, 0) is 0 Å². The molecular formula is C30H16. The van der Waals surface area contributed by atoms with Crippen molar-refractivity contribution in [2.75, 3.05) is 0 Å². The first kappa shape index (κ1) is 14.4. The van der Waals surface area contributed by atoms with Crippen molar-refractivity contribution in [3.63, 3.8) is 0 Å². The van der Waals surface area contributed by atoms with E-state index in [1.165, 1.54) is 60.5 Å². The fraction of sp³-hybridized carbons (Fsp3) is 0.0667. The molecule has 0 aromatic heterocycles. The average molecular weight is 376 g/mol. The predicted octanol–water partition coefficient (Wildman–Crippen LogP) is 7.26. The first-order chi connectivity index (χ1) is 14.9. The second-order valence-electron chi connectivity index (χ2n) is 9.30. The summed E-state index contributed by atoms with van der Waals surface area (Å²) < 4.78 is 0. The fourth-order valence-electron chi connectivity index (χ4n) is 6.99. The molecule has 0 amide bonds. The lowest BCUT2D eigenvalue weighted by molar-refractivity contribution is 0.871. The van der Waals surface area contributed by atoms with Crippen LogP contribution in [0.25, 0.3) is 39.3 Å². The van der Waals surface area contributed by atoms with Crippen LogP contribution in [0.3, 0.4) is 0 Å². The van der Waals surface area contributed by atoms with Crippen LogP contribution in [0.15, 0.2) is 101 Å². The van der Waals surface area contributed by atoms with Gasteiger partial charge < -0.3 is 0 Å². The van der Waals surface area contributed by atoms with E-state index in [1.807, 2.05) is 0 Å². The zero-order chi connectivity index (χ0) is 19.1. The van der Waals surface area contributed by atoms with Crippen molar-refractivity contribution in [3.05, 3.63) is 123 Å². The quantitative estimate of drug-likeness (QED) is 0.362. The third-order valence-electron chi connectivity index (χ3n) is 7.98. The topological polar surface area (TPSA) is 0 Å². The van der Waals surface area contributed by atoms with E-state index in [2.05, 4.69) is 85.0 Å². The molecule has 3 aromatic rings. The standard InChI is InChI=1S/C30H16/c1-3-15-11-19-7-9-21-13-17-5-2-6-18-14-22-10-8-20-12-16(4-1)23(15)29-25(19)27(21)30(24(17)18)28(22)26(20)29/h1-14,23,27H. The second kappa shape index (κ2) is 4.42. The molecule has 6 aliphatic carbocycles. The first-order valence-corrected chi connectivity index (χ1v) is 10.9. The van der Waals surface area contributed by atoms with Crippen LogP contribution in [0.4, 0.5) is 0 Å². The average Bonchev–Trinajstić information content (AvgIpc) is 2.78. The number of hydrogen-bond donors (Lipinski definition) is 0. The van der Waals surface area contributed by atoms with E-state index in [4.69, 9.17) is 0 Å². The summed E-state index contributed by atoms with van der Waals surface area (Å²) in [6.45, 7) is 0. The van der Waals surface area contributed by atoms with Crippen molar-refractivity contribution >= 4 is 39.3 Å². The summed E-state index contributed by atoms with van der Waals surface area (Å²) in [4.78, 5) is 0. The Hall–Kier alpha value is -3.64. The molecule has 6 aliphatic rings. The van der Waals surface area contributed by atoms with Gasteiger partial charge in [0.2, 0.25) is 0 Å². The highest BCUT2D eigenvalue weighted by atomic mass is 14.5. The predicted molar refractivity (Wildman–Crippen MR) is 125 cm³/mol. The summed E-state index contributed by atoms with van der Waals surface area (Å²) in [6, 6.07) is 13.9. The van der Waals surface area contributed by atoms with Crippen molar-refractivity contribution in [2.45, 2.75) is 5.92 Å². The number of benzene rings is 3. The van der Waals surface area contributed by atoms with E-state index < -0.39 is 0 Å². The lowest BCUT2D eigenvalue weighted by atomic mass is 9.57. The monoisotopic (exact) mass is 376 g/mol. The maximum absolute atomic E-state index is 2.45. The Kier molecular flexibility index (Phi) is 2.11. The minimum Gasteiger partial charge on any atom is -0.0617 e. The van der Waals surface area contributed by atoms with Gasteiger partial charge in [0.25, 0.3) is 0 Å². The summed E-state index contributed by atoms with van der Waals surface area (Å²) >= 11 is 0. The number of hydrogen-bond acceptors (Lipinski definition) is 0. The van der Waals surface area contributed by atoms with Crippen LogP contribution >= 0.6 is 0 Å². The van der Waals surface area contributed by atoms with Gasteiger partial charge in [0.1, 0.15) is 0 Å². The molecule has 0 N–H and O–H groups in total. The van der Waals surface area contributed by atoms with Gasteiger partial charge in [-0.25, -0.2) is 0 Å². The highest BCUT2D eigenvalue weighted by molar-refractivity contribution is 6.17. The molecule has 0 saturated heterocycles. The van der Waals surface area contributed by atoms with Gasteiger partial charge in [0.15, 0.2) is 0 Å². The van der Waals surface area contributed by atoms with E-state index in [9.17, 15) is 0 Å². The summed E-state index contributed by atoms with van der Waals surface area (Å²) in [5.41, 5.74) is 14.7. The molecule has 9 rings (SSSR count). The molecule has 3 aromatic carbocycles. The lowest BCUT2D eigenvalue weighted by Gasteiger charge is -2.45. The normalized spacial score (nSPS) is 25.1. The molecule has 0 radical (unpaired) electrons. The van der Waals surface area contributed by atoms with Crippen molar-refractivity contribution in [1.29, 1.82) is 0 Å². The zero-order valence-corrected chi connectivity index (χ0v) is 16.2. The molecule has 0 bridgehead atoms. The maximum Gasteiger partial charge on any atom is 0.0362 e. The van der Waals surface area contributed by atoms with Gasteiger partial charge in [-0.15, -0.1) is 0 Å². The minimum atomic E-state index is 0.368. The Labute approximate surface area is 174 Å². The van der Waals surface area contributed by atoms with Crippen LogP contribution in [0.1, 0.15) is 28.2 Å². The van der Waals surface area contributed by atoms with Crippen molar-refractivity contribution in [3.8, 4) is 0 Å². The largest absolute Gasteiger partial charge is 0.0617 e. The van der Waals surface area contributed by atoms with Crippen LogP contribution in [0.2, 0.25) is 0 Å². The third kappa shape index (κ3) is 1.37. The Bertz CT molecular complexity index is 1670. The summed E-state index contributed by atoms with van der Waals surface area (Å²) in [6.07, 6.45) is 18.9. The van der Waals surface area contributed by atoms with Crippen molar-refractivity contribution in [1.82, 2.24) is 0 Å². The third-order valence-corrected chi connectivity index (χ3v) is 7.98. The highest BCUT2D eigenvalue weighted by Gasteiger charge is 2.44. The smallest absolute Gasteiger partial charge is 0.0362 e. The summed E-state index contributed by atoms with van der Waals surface area (Å²) in [5.74, 6) is 0.757. The molecule has 30 heavy (non-hydrogen) atoms. The molecule has 2 unspecified atom stereocenters. The Morgan fingerprint density at radius 3 is 2.53 bits per heavy atom. The minimum absolute atomic E-state index is 0.368. The Balaban J connectivity index is 1.62. The van der Waals surface area contributed by atoms with Gasteiger partial charge in [0.05, 0.1) is 0 Å². The Morgan fingerprint density at radius 1 is 0.633 bits per heavy atom. The molecule has 0 spiro atoms. The Morgan fingerprint density at radius 2 is 1.53 bits per heavy atom. The van der Waals surface area contributed by atoms with Crippen LogP contribution in [0, 0.1) is 5.92 Å². The first-order valence-electron chi connectivity index (χ1n) is 10.9. The van der Waals surface area contributed by atoms with Gasteiger partial charge in [-0.1, -0.05) is 78.9 Å². The van der Waals surface area contributed by atoms with Gasteiger partial charge in [-0.2, -0.15) is 0 Å². The molecule has 0 fully saturated rings. The van der Waals surface area contributed by atoms with E-state index in [0.717, 1.165) is 0 Å². The molecule has 0 heterocycles. The highest BCUT2D eigenvalue weighted by Crippen LogP contribution is 2.62. The van der Waals surface area contributed by atoms with Crippen molar-refractivity contribution in [2.24, 2.45) is 5.92 Å². The molecule has 0 heteroatoms. The van der Waals surface area contributed by atoms with E-state index in [0.29, 0.717) is 11.8 Å². The van der Waals surface area contributed by atoms with Gasteiger partial charge in [-0.05, 0) is 83.3 Å². The van der Waals surface area contributed by atoms with Gasteiger partial charge in [-0.3, -0.25) is 0 Å². The summed E-state index contributed by atoms with van der Waals surface area (Å²) in [5, 5.41) is 5.73. The summed E-state index contributed by atoms with van der Waals surface area (Å²) in [7, 11) is 0. The molecule has 136 valence electrons. The van der Waals surface area contributed by atoms with Crippen LogP contribution in [-0.4, -0.2) is 0 Å². The molecule has 2 atom stereocenters. The number of rotatable bonds is 0. The molecule has 0 nitrogen and oxygen atoms in total. The molecule has 0 aliphatic heterocycles. The van der Waals surface area contributed by atoms with Crippen LogP contribution < -0.4 is 0 Å². The molecule has 0 saturated carbocycles. The van der Waals surface area contributed by atoms with E-state index >= 15 is 0 Å². The van der Waals surface area contributed by atoms with Gasteiger partial charge >= 0.3 is 0 Å². The van der Waals surface area contributed by atoms with Gasteiger partial charge in [0, 0.05) is 11.8 Å².